The molecule has 1 rings (SSSR count). The molecule has 0 radical (unpaired) electrons. The maximum atomic E-state index is 5.22. The van der Waals surface area contributed by atoms with Crippen LogP contribution in [-0.4, -0.2) is 26.3 Å². The largest absolute Gasteiger partial charge is 0.384 e. The van der Waals surface area contributed by atoms with Gasteiger partial charge in [0.05, 0.1) is 6.61 Å². The van der Waals surface area contributed by atoms with Crippen molar-refractivity contribution in [1.82, 2.24) is 5.32 Å². The van der Waals surface area contributed by atoms with Gasteiger partial charge in [-0.2, -0.15) is 0 Å². The summed E-state index contributed by atoms with van der Waals surface area (Å²) in [6.07, 6.45) is 5.45. The quantitative estimate of drug-likeness (QED) is 0.696. The Labute approximate surface area is 75.7 Å². The lowest BCUT2D eigenvalue weighted by Crippen LogP contribution is -2.40. The number of nitrogens with one attached hydrogen (secondary N) is 1. The van der Waals surface area contributed by atoms with E-state index in [1.807, 2.05) is 0 Å². The summed E-state index contributed by atoms with van der Waals surface area (Å²) in [5.41, 5.74) is 0. The van der Waals surface area contributed by atoms with Gasteiger partial charge < -0.3 is 10.1 Å². The van der Waals surface area contributed by atoms with Crippen molar-refractivity contribution in [2.75, 3.05) is 20.3 Å². The molecule has 0 spiro atoms. The maximum Gasteiger partial charge on any atom is 0.0505 e. The van der Waals surface area contributed by atoms with Crippen molar-refractivity contribution in [2.24, 2.45) is 5.92 Å². The van der Waals surface area contributed by atoms with Gasteiger partial charge in [0.2, 0.25) is 0 Å². The van der Waals surface area contributed by atoms with E-state index in [4.69, 9.17) is 4.74 Å². The van der Waals surface area contributed by atoms with Crippen molar-refractivity contribution in [3.8, 4) is 0 Å². The topological polar surface area (TPSA) is 21.3 Å². The van der Waals surface area contributed by atoms with Gasteiger partial charge in [0.15, 0.2) is 0 Å². The molecule has 0 saturated heterocycles. The van der Waals surface area contributed by atoms with E-state index in [2.05, 4.69) is 12.2 Å². The van der Waals surface area contributed by atoms with Gasteiger partial charge in [-0.25, -0.2) is 0 Å². The summed E-state index contributed by atoms with van der Waals surface area (Å²) in [6, 6.07) is 0.712. The molecule has 2 atom stereocenters. The molecule has 0 aromatic carbocycles. The zero-order valence-electron chi connectivity index (χ0n) is 8.31. The third kappa shape index (κ3) is 2.76. The minimum Gasteiger partial charge on any atom is -0.384 e. The highest BCUT2D eigenvalue weighted by molar-refractivity contribution is 4.80. The van der Waals surface area contributed by atoms with E-state index in [0.29, 0.717) is 6.04 Å². The fourth-order valence-corrected chi connectivity index (χ4v) is 2.15. The Hall–Kier alpha value is -0.0800. The zero-order valence-corrected chi connectivity index (χ0v) is 8.31. The predicted molar refractivity (Wildman–Crippen MR) is 51.3 cm³/mol. The van der Waals surface area contributed by atoms with E-state index in [1.165, 1.54) is 25.7 Å². The molecule has 0 heterocycles. The minimum absolute atomic E-state index is 0.712. The van der Waals surface area contributed by atoms with Gasteiger partial charge in [0.25, 0.3) is 0 Å². The minimum atomic E-state index is 0.712. The molecule has 1 aliphatic carbocycles. The maximum absolute atomic E-state index is 5.22. The Kier molecular flexibility index (Phi) is 4.62. The summed E-state index contributed by atoms with van der Waals surface area (Å²) in [5, 5.41) is 3.54. The van der Waals surface area contributed by atoms with Crippen molar-refractivity contribution >= 4 is 0 Å². The molecule has 1 saturated carbocycles. The number of ether oxygens (including phenoxy) is 1. The first-order valence-electron chi connectivity index (χ1n) is 5.10. The third-order valence-electron chi connectivity index (χ3n) is 2.76. The van der Waals surface area contributed by atoms with Gasteiger partial charge in [-0.3, -0.25) is 0 Å². The van der Waals surface area contributed by atoms with Crippen LogP contribution >= 0.6 is 0 Å². The van der Waals surface area contributed by atoms with Crippen molar-refractivity contribution < 1.29 is 4.74 Å². The fourth-order valence-electron chi connectivity index (χ4n) is 2.15. The molecule has 1 aliphatic rings. The highest BCUT2D eigenvalue weighted by Gasteiger charge is 2.23. The van der Waals surface area contributed by atoms with E-state index >= 15 is 0 Å². The van der Waals surface area contributed by atoms with E-state index in [1.54, 1.807) is 7.11 Å². The van der Waals surface area contributed by atoms with Crippen LogP contribution in [0.4, 0.5) is 0 Å². The van der Waals surface area contributed by atoms with Crippen molar-refractivity contribution in [3.05, 3.63) is 0 Å². The summed E-state index contributed by atoms with van der Waals surface area (Å²) in [6.45, 7) is 4.20. The molecule has 1 N–H and O–H groups in total. The molecule has 2 unspecified atom stereocenters. The molecule has 72 valence electrons. The predicted octanol–water partition coefficient (Wildman–Crippen LogP) is 1.80. The molecular formula is C10H21NO. The van der Waals surface area contributed by atoms with Crippen LogP contribution in [0.2, 0.25) is 0 Å². The fraction of sp³-hybridized carbons (Fsp3) is 1.00. The first-order chi connectivity index (χ1) is 5.88. The van der Waals surface area contributed by atoms with Crippen LogP contribution in [0.25, 0.3) is 0 Å². The van der Waals surface area contributed by atoms with Gasteiger partial charge in [-0.15, -0.1) is 0 Å². The first kappa shape index (κ1) is 10.0. The summed E-state index contributed by atoms with van der Waals surface area (Å²) in [4.78, 5) is 0. The monoisotopic (exact) mass is 171 g/mol. The second kappa shape index (κ2) is 5.55. The lowest BCUT2D eigenvalue weighted by Gasteiger charge is -2.31. The molecule has 0 bridgehead atoms. The summed E-state index contributed by atoms with van der Waals surface area (Å²) in [5.74, 6) is 0.753. The molecule has 0 aliphatic heterocycles. The van der Waals surface area contributed by atoms with Crippen LogP contribution in [0.3, 0.4) is 0 Å². The Bertz CT molecular complexity index is 98.4. The molecule has 0 aromatic rings. The van der Waals surface area contributed by atoms with Crippen molar-refractivity contribution in [3.63, 3.8) is 0 Å². The third-order valence-corrected chi connectivity index (χ3v) is 2.76. The lowest BCUT2D eigenvalue weighted by molar-refractivity contribution is 0.109. The molecule has 12 heavy (non-hydrogen) atoms. The average Bonchev–Trinajstić information content (AvgIpc) is 2.09. The number of hydrogen-bond acceptors (Lipinski definition) is 2. The van der Waals surface area contributed by atoms with Gasteiger partial charge in [0.1, 0.15) is 0 Å². The molecular weight excluding hydrogens is 150 g/mol. The number of methoxy groups -OCH3 is 1. The summed E-state index contributed by atoms with van der Waals surface area (Å²) in [7, 11) is 1.80. The smallest absolute Gasteiger partial charge is 0.0505 e. The highest BCUT2D eigenvalue weighted by atomic mass is 16.5. The van der Waals surface area contributed by atoms with Gasteiger partial charge in [-0.05, 0) is 25.3 Å². The Balaban J connectivity index is 2.31. The van der Waals surface area contributed by atoms with Crippen molar-refractivity contribution in [2.45, 2.75) is 38.6 Å². The van der Waals surface area contributed by atoms with E-state index in [0.717, 1.165) is 19.1 Å². The van der Waals surface area contributed by atoms with Crippen LogP contribution in [0.5, 0.6) is 0 Å². The highest BCUT2D eigenvalue weighted by Crippen LogP contribution is 2.24. The van der Waals surface area contributed by atoms with Crippen LogP contribution in [-0.2, 0) is 4.74 Å². The summed E-state index contributed by atoms with van der Waals surface area (Å²) >= 11 is 0. The Morgan fingerprint density at radius 1 is 1.33 bits per heavy atom. The SMILES string of the molecule is CCNC1CCCCC1COC. The molecule has 2 heteroatoms. The van der Waals surface area contributed by atoms with Crippen LogP contribution in [0.15, 0.2) is 0 Å². The number of hydrogen-bond donors (Lipinski definition) is 1. The second-order valence-electron chi connectivity index (χ2n) is 3.66. The molecule has 1 fully saturated rings. The van der Waals surface area contributed by atoms with E-state index in [9.17, 15) is 0 Å². The molecule has 0 aromatic heterocycles. The lowest BCUT2D eigenvalue weighted by atomic mass is 9.85. The first-order valence-corrected chi connectivity index (χ1v) is 5.10. The van der Waals surface area contributed by atoms with E-state index in [-0.39, 0.29) is 0 Å². The zero-order chi connectivity index (χ0) is 8.81. The molecule has 0 amide bonds. The van der Waals surface area contributed by atoms with Crippen LogP contribution in [0.1, 0.15) is 32.6 Å². The standard InChI is InChI=1S/C10H21NO/c1-3-11-10-7-5-4-6-9(10)8-12-2/h9-11H,3-8H2,1-2H3. The van der Waals surface area contributed by atoms with Gasteiger partial charge in [-0.1, -0.05) is 19.8 Å². The van der Waals surface area contributed by atoms with E-state index < -0.39 is 0 Å². The second-order valence-corrected chi connectivity index (χ2v) is 3.66. The Morgan fingerprint density at radius 2 is 2.08 bits per heavy atom. The van der Waals surface area contributed by atoms with Gasteiger partial charge in [0, 0.05) is 13.2 Å². The van der Waals surface area contributed by atoms with Crippen LogP contribution in [0, 0.1) is 5.92 Å². The summed E-state index contributed by atoms with van der Waals surface area (Å²) < 4.78 is 5.22. The molecule has 2 nitrogen and oxygen atoms in total. The van der Waals surface area contributed by atoms with Crippen molar-refractivity contribution in [1.29, 1.82) is 0 Å². The Morgan fingerprint density at radius 3 is 2.75 bits per heavy atom. The number of rotatable bonds is 4. The normalized spacial score (nSPS) is 30.5. The average molecular weight is 171 g/mol. The van der Waals surface area contributed by atoms with Gasteiger partial charge >= 0.3 is 0 Å². The van der Waals surface area contributed by atoms with Crippen LogP contribution < -0.4 is 5.32 Å².